The number of aromatic nitrogens is 7. The summed E-state index contributed by atoms with van der Waals surface area (Å²) in [5.74, 6) is 2.04. The van der Waals surface area contributed by atoms with Crippen molar-refractivity contribution in [3.05, 3.63) is 72.9 Å². The molecule has 4 aromatic heterocycles. The fraction of sp³-hybridized carbons (Fsp3) is 0.310. The van der Waals surface area contributed by atoms with Gasteiger partial charge in [-0.3, -0.25) is 9.30 Å². The number of piperidine rings is 1. The van der Waals surface area contributed by atoms with Crippen molar-refractivity contribution >= 4 is 11.5 Å². The van der Waals surface area contributed by atoms with Crippen molar-refractivity contribution in [2.75, 3.05) is 31.6 Å². The highest BCUT2D eigenvalue weighted by Crippen LogP contribution is 2.25. The third kappa shape index (κ3) is 5.77. The van der Waals surface area contributed by atoms with Crippen LogP contribution in [0.2, 0.25) is 0 Å². The Balaban J connectivity index is 1.08. The number of fused-ring (bicyclic) bond motifs is 1. The summed E-state index contributed by atoms with van der Waals surface area (Å²) in [5.41, 5.74) is 5.46. The van der Waals surface area contributed by atoms with E-state index in [0.717, 1.165) is 71.4 Å². The van der Waals surface area contributed by atoms with Crippen molar-refractivity contribution in [1.29, 1.82) is 5.26 Å². The minimum absolute atomic E-state index is 0.504. The maximum Gasteiger partial charge on any atom is 0.140 e. The molecule has 11 nitrogen and oxygen atoms in total. The molecule has 1 aliphatic rings. The van der Waals surface area contributed by atoms with Crippen LogP contribution in [-0.4, -0.2) is 65.5 Å². The normalized spacial score (nSPS) is 14.3. The van der Waals surface area contributed by atoms with Crippen LogP contribution in [0, 0.1) is 17.2 Å². The first-order chi connectivity index (χ1) is 19.6. The number of anilines is 1. The molecule has 1 aromatic carbocycles. The fourth-order valence-electron chi connectivity index (χ4n) is 4.92. The zero-order chi connectivity index (χ0) is 27.3. The summed E-state index contributed by atoms with van der Waals surface area (Å²) in [6.07, 6.45) is 9.21. The van der Waals surface area contributed by atoms with Gasteiger partial charge in [-0.05, 0) is 43.5 Å². The van der Waals surface area contributed by atoms with Crippen LogP contribution in [-0.2, 0) is 13.6 Å². The Kier molecular flexibility index (Phi) is 7.32. The minimum atomic E-state index is 0.504. The molecule has 1 saturated heterocycles. The second-order valence-electron chi connectivity index (χ2n) is 9.98. The number of nitrogens with one attached hydrogen (secondary N) is 1. The van der Waals surface area contributed by atoms with E-state index in [0.29, 0.717) is 25.6 Å². The van der Waals surface area contributed by atoms with Gasteiger partial charge in [-0.15, -0.1) is 0 Å². The molecule has 0 spiro atoms. The molecule has 0 radical (unpaired) electrons. The Labute approximate surface area is 232 Å². The molecular formula is C29H30N10O. The van der Waals surface area contributed by atoms with Gasteiger partial charge in [0.05, 0.1) is 43.0 Å². The van der Waals surface area contributed by atoms with E-state index in [1.807, 2.05) is 54.2 Å². The van der Waals surface area contributed by atoms with Crippen LogP contribution in [0.25, 0.3) is 28.3 Å². The first-order valence-corrected chi connectivity index (χ1v) is 13.4. The molecule has 40 heavy (non-hydrogen) atoms. The number of hydrogen-bond acceptors (Lipinski definition) is 9. The monoisotopic (exact) mass is 534 g/mol. The van der Waals surface area contributed by atoms with Gasteiger partial charge in [0.25, 0.3) is 0 Å². The molecule has 11 heteroatoms. The van der Waals surface area contributed by atoms with Crippen molar-refractivity contribution in [2.45, 2.75) is 19.4 Å². The molecule has 0 bridgehead atoms. The van der Waals surface area contributed by atoms with Crippen LogP contribution in [0.5, 0.6) is 5.75 Å². The standard InChI is InChI=1S/C29H30N10O/c1-37-35-17-26(36-37)23-4-2-21(3-5-23)16-31-28-15-25(33-20-34-28)27-18-32-29-14-24(8-12-39(27)29)40-19-22-6-10-38(11-7-22)13-9-30/h2-5,8,12,14-15,17-18,20,22H,6-7,10-11,13,16,19H2,1H3,(H,31,33,34). The molecule has 1 N–H and O–H groups in total. The molecule has 1 aliphatic heterocycles. The van der Waals surface area contributed by atoms with Crippen LogP contribution in [0.15, 0.2) is 67.4 Å². The average Bonchev–Trinajstić information content (AvgIpc) is 3.62. The largest absolute Gasteiger partial charge is 0.493 e. The zero-order valence-electron chi connectivity index (χ0n) is 22.3. The van der Waals surface area contributed by atoms with E-state index in [1.165, 1.54) is 0 Å². The van der Waals surface area contributed by atoms with Crippen LogP contribution in [0.3, 0.4) is 0 Å². The SMILES string of the molecule is Cn1ncc(-c2ccc(CNc3cc(-c4cnc5cc(OCC6CCN(CC#N)CC6)ccn45)ncn3)cc2)n1. The van der Waals surface area contributed by atoms with E-state index in [9.17, 15) is 0 Å². The third-order valence-corrected chi connectivity index (χ3v) is 7.22. The molecule has 6 rings (SSSR count). The quantitative estimate of drug-likeness (QED) is 0.281. The van der Waals surface area contributed by atoms with Gasteiger partial charge in [0.1, 0.15) is 29.2 Å². The topological polar surface area (TPSA) is 122 Å². The molecule has 0 atom stereocenters. The van der Waals surface area contributed by atoms with Gasteiger partial charge in [0.2, 0.25) is 0 Å². The van der Waals surface area contributed by atoms with E-state index in [4.69, 9.17) is 10.00 Å². The van der Waals surface area contributed by atoms with E-state index in [-0.39, 0.29) is 0 Å². The number of aryl methyl sites for hydroxylation is 1. The van der Waals surface area contributed by atoms with E-state index < -0.39 is 0 Å². The number of nitriles is 1. The second-order valence-corrected chi connectivity index (χ2v) is 9.98. The number of hydrogen-bond donors (Lipinski definition) is 1. The number of ether oxygens (including phenoxy) is 1. The molecule has 202 valence electrons. The second kappa shape index (κ2) is 11.5. The Morgan fingerprint density at radius 2 is 1.88 bits per heavy atom. The van der Waals surface area contributed by atoms with Crippen LogP contribution in [0.4, 0.5) is 5.82 Å². The van der Waals surface area contributed by atoms with Gasteiger partial charge < -0.3 is 10.1 Å². The minimum Gasteiger partial charge on any atom is -0.493 e. The van der Waals surface area contributed by atoms with Gasteiger partial charge in [-0.2, -0.15) is 20.3 Å². The summed E-state index contributed by atoms with van der Waals surface area (Å²) >= 11 is 0. The first kappa shape index (κ1) is 25.5. The highest BCUT2D eigenvalue weighted by Gasteiger charge is 2.19. The lowest BCUT2D eigenvalue weighted by Gasteiger charge is -2.30. The van der Waals surface area contributed by atoms with Crippen LogP contribution in [0.1, 0.15) is 18.4 Å². The van der Waals surface area contributed by atoms with Gasteiger partial charge in [0, 0.05) is 37.5 Å². The van der Waals surface area contributed by atoms with Gasteiger partial charge >= 0.3 is 0 Å². The average molecular weight is 535 g/mol. The molecule has 0 unspecified atom stereocenters. The van der Waals surface area contributed by atoms with E-state index in [2.05, 4.69) is 53.6 Å². The van der Waals surface area contributed by atoms with Crippen LogP contribution < -0.4 is 10.1 Å². The predicted octanol–water partition coefficient (Wildman–Crippen LogP) is 3.81. The zero-order valence-corrected chi connectivity index (χ0v) is 22.3. The highest BCUT2D eigenvalue weighted by atomic mass is 16.5. The molecule has 0 aliphatic carbocycles. The fourth-order valence-corrected chi connectivity index (χ4v) is 4.92. The van der Waals surface area contributed by atoms with Gasteiger partial charge in [-0.25, -0.2) is 15.0 Å². The molecule has 0 saturated carbocycles. The third-order valence-electron chi connectivity index (χ3n) is 7.22. The molecular weight excluding hydrogens is 504 g/mol. The predicted molar refractivity (Wildman–Crippen MR) is 150 cm³/mol. The Morgan fingerprint density at radius 3 is 2.65 bits per heavy atom. The summed E-state index contributed by atoms with van der Waals surface area (Å²) in [6.45, 7) is 3.72. The first-order valence-electron chi connectivity index (χ1n) is 13.4. The number of imidazole rings is 1. The summed E-state index contributed by atoms with van der Waals surface area (Å²) < 4.78 is 8.11. The van der Waals surface area contributed by atoms with Gasteiger partial charge in [0.15, 0.2) is 0 Å². The Morgan fingerprint density at radius 1 is 1.02 bits per heavy atom. The summed E-state index contributed by atoms with van der Waals surface area (Å²) in [5, 5.41) is 20.8. The molecule has 0 amide bonds. The number of rotatable bonds is 9. The summed E-state index contributed by atoms with van der Waals surface area (Å²) in [4.78, 5) is 17.2. The highest BCUT2D eigenvalue weighted by molar-refractivity contribution is 5.63. The number of likely N-dealkylation sites (tertiary alicyclic amines) is 1. The summed E-state index contributed by atoms with van der Waals surface area (Å²) in [6, 6.07) is 16.3. The van der Waals surface area contributed by atoms with Crippen molar-refractivity contribution in [1.82, 2.24) is 39.2 Å². The van der Waals surface area contributed by atoms with E-state index in [1.54, 1.807) is 17.3 Å². The number of nitrogens with zero attached hydrogens (tertiary/aromatic N) is 9. The number of pyridine rings is 1. The van der Waals surface area contributed by atoms with Crippen molar-refractivity contribution < 1.29 is 4.74 Å². The Bertz CT molecular complexity index is 1630. The van der Waals surface area contributed by atoms with Gasteiger partial charge in [-0.1, -0.05) is 24.3 Å². The molecule has 5 heterocycles. The van der Waals surface area contributed by atoms with Crippen molar-refractivity contribution in [2.24, 2.45) is 13.0 Å². The smallest absolute Gasteiger partial charge is 0.140 e. The maximum absolute atomic E-state index is 8.88. The summed E-state index contributed by atoms with van der Waals surface area (Å²) in [7, 11) is 1.81. The maximum atomic E-state index is 8.88. The Hall–Kier alpha value is -4.82. The molecule has 5 aromatic rings. The lowest BCUT2D eigenvalue weighted by molar-refractivity contribution is 0.151. The lowest BCUT2D eigenvalue weighted by atomic mass is 9.98. The van der Waals surface area contributed by atoms with Crippen molar-refractivity contribution in [3.8, 4) is 34.5 Å². The molecule has 1 fully saturated rings. The van der Waals surface area contributed by atoms with E-state index >= 15 is 0 Å². The van der Waals surface area contributed by atoms with Crippen molar-refractivity contribution in [3.63, 3.8) is 0 Å². The number of benzene rings is 1. The van der Waals surface area contributed by atoms with Crippen LogP contribution >= 0.6 is 0 Å². The lowest BCUT2D eigenvalue weighted by Crippen LogP contribution is -2.35.